The third kappa shape index (κ3) is 4.02. The van der Waals surface area contributed by atoms with Crippen molar-refractivity contribution in [3.05, 3.63) is 0 Å². The molecule has 0 saturated heterocycles. The molecule has 2 aliphatic rings. The smallest absolute Gasteiger partial charge is 0.139 e. The molecule has 4 nitrogen and oxygen atoms in total. The zero-order valence-electron chi connectivity index (χ0n) is 12.0. The molecule has 0 aliphatic heterocycles. The third-order valence-corrected chi connectivity index (χ3v) is 6.21. The highest BCUT2D eigenvalue weighted by atomic mass is 32.2. The van der Waals surface area contributed by atoms with Crippen LogP contribution in [0.4, 0.5) is 0 Å². The van der Waals surface area contributed by atoms with E-state index in [1.54, 1.807) is 0 Å². The highest BCUT2D eigenvalue weighted by Crippen LogP contribution is 2.48. The van der Waals surface area contributed by atoms with E-state index in [-0.39, 0.29) is 5.41 Å². The first-order chi connectivity index (χ1) is 9.14. The van der Waals surface area contributed by atoms with Crippen molar-refractivity contribution >= 4 is 17.6 Å². The van der Waals surface area contributed by atoms with Gasteiger partial charge < -0.3 is 16.3 Å². The van der Waals surface area contributed by atoms with Crippen LogP contribution in [-0.4, -0.2) is 35.1 Å². The lowest BCUT2D eigenvalue weighted by molar-refractivity contribution is 0.313. The molecule has 0 unspecified atom stereocenters. The second kappa shape index (κ2) is 6.35. The van der Waals surface area contributed by atoms with Gasteiger partial charge in [0.15, 0.2) is 0 Å². The molecule has 2 rings (SSSR count). The van der Waals surface area contributed by atoms with Gasteiger partial charge in [-0.3, -0.25) is 0 Å². The van der Waals surface area contributed by atoms with Gasteiger partial charge in [-0.1, -0.05) is 24.4 Å². The summed E-state index contributed by atoms with van der Waals surface area (Å²) >= 11 is 2.03. The first-order valence-electron chi connectivity index (χ1n) is 7.36. The number of hydrogen-bond donors (Lipinski definition) is 3. The predicted molar refractivity (Wildman–Crippen MR) is 81.9 cm³/mol. The SMILES string of the molecule is CSC1(CNCC2(CC(N)=NO)CC2)CCCCC1. The zero-order valence-corrected chi connectivity index (χ0v) is 12.8. The van der Waals surface area contributed by atoms with E-state index in [0.29, 0.717) is 10.6 Å². The molecule has 0 heterocycles. The molecule has 2 aliphatic carbocycles. The lowest BCUT2D eigenvalue weighted by Gasteiger charge is -2.36. The molecule has 5 heteroatoms. The number of nitrogens with two attached hydrogens (primary N) is 1. The second-order valence-corrected chi connectivity index (χ2v) is 7.59. The van der Waals surface area contributed by atoms with Gasteiger partial charge in [-0.05, 0) is 37.4 Å². The van der Waals surface area contributed by atoms with Crippen molar-refractivity contribution in [1.82, 2.24) is 5.32 Å². The van der Waals surface area contributed by atoms with Gasteiger partial charge in [0.1, 0.15) is 5.84 Å². The van der Waals surface area contributed by atoms with Crippen LogP contribution >= 0.6 is 11.8 Å². The molecular formula is C14H27N3OS. The highest BCUT2D eigenvalue weighted by molar-refractivity contribution is 8.00. The van der Waals surface area contributed by atoms with Gasteiger partial charge in [0.05, 0.1) is 0 Å². The van der Waals surface area contributed by atoms with E-state index in [9.17, 15) is 0 Å². The van der Waals surface area contributed by atoms with Crippen LogP contribution in [0.1, 0.15) is 51.4 Å². The van der Waals surface area contributed by atoms with E-state index < -0.39 is 0 Å². The maximum Gasteiger partial charge on any atom is 0.139 e. The molecule has 0 aromatic rings. The fourth-order valence-electron chi connectivity index (χ4n) is 3.22. The molecule has 19 heavy (non-hydrogen) atoms. The average Bonchev–Trinajstić information content (AvgIpc) is 3.19. The van der Waals surface area contributed by atoms with Crippen LogP contribution in [0, 0.1) is 5.41 Å². The Hall–Kier alpha value is -0.420. The Balaban J connectivity index is 1.76. The first kappa shape index (κ1) is 15.0. The number of oxime groups is 1. The Labute approximate surface area is 120 Å². The fraction of sp³-hybridized carbons (Fsp3) is 0.929. The summed E-state index contributed by atoms with van der Waals surface area (Å²) in [5.74, 6) is 0.372. The number of hydrogen-bond acceptors (Lipinski definition) is 4. The van der Waals surface area contributed by atoms with Crippen LogP contribution in [-0.2, 0) is 0 Å². The van der Waals surface area contributed by atoms with Crippen LogP contribution in [0.25, 0.3) is 0 Å². The Morgan fingerprint density at radius 2 is 1.89 bits per heavy atom. The molecule has 0 aromatic carbocycles. The van der Waals surface area contributed by atoms with Crippen LogP contribution in [0.2, 0.25) is 0 Å². The lowest BCUT2D eigenvalue weighted by Crippen LogP contribution is -2.41. The van der Waals surface area contributed by atoms with E-state index in [2.05, 4.69) is 16.7 Å². The lowest BCUT2D eigenvalue weighted by atomic mass is 9.88. The second-order valence-electron chi connectivity index (χ2n) is 6.32. The van der Waals surface area contributed by atoms with Crippen LogP contribution < -0.4 is 11.1 Å². The zero-order chi connectivity index (χ0) is 13.8. The average molecular weight is 285 g/mol. The minimum Gasteiger partial charge on any atom is -0.409 e. The van der Waals surface area contributed by atoms with E-state index in [0.717, 1.165) is 19.5 Å². The monoisotopic (exact) mass is 285 g/mol. The molecule has 0 radical (unpaired) electrons. The van der Waals surface area contributed by atoms with E-state index >= 15 is 0 Å². The number of nitrogens with zero attached hydrogens (tertiary/aromatic N) is 1. The minimum atomic E-state index is 0.268. The first-order valence-corrected chi connectivity index (χ1v) is 8.58. The van der Waals surface area contributed by atoms with Crippen molar-refractivity contribution in [3.63, 3.8) is 0 Å². The van der Waals surface area contributed by atoms with E-state index in [4.69, 9.17) is 10.9 Å². The van der Waals surface area contributed by atoms with Gasteiger partial charge in [0, 0.05) is 24.3 Å². The predicted octanol–water partition coefficient (Wildman–Crippen LogP) is 2.56. The van der Waals surface area contributed by atoms with Gasteiger partial charge in [0.2, 0.25) is 0 Å². The topological polar surface area (TPSA) is 70.6 Å². The molecule has 110 valence electrons. The Bertz CT molecular complexity index is 323. The molecule has 0 aromatic heterocycles. The van der Waals surface area contributed by atoms with Crippen LogP contribution in [0.15, 0.2) is 5.16 Å². The Kier molecular flexibility index (Phi) is 5.01. The fourth-order valence-corrected chi connectivity index (χ4v) is 4.16. The van der Waals surface area contributed by atoms with Crippen molar-refractivity contribution in [2.75, 3.05) is 19.3 Å². The molecule has 0 amide bonds. The van der Waals surface area contributed by atoms with E-state index in [1.165, 1.54) is 44.9 Å². The maximum atomic E-state index is 8.67. The maximum absolute atomic E-state index is 8.67. The molecular weight excluding hydrogens is 258 g/mol. The highest BCUT2D eigenvalue weighted by Gasteiger charge is 2.43. The van der Waals surface area contributed by atoms with Crippen molar-refractivity contribution in [2.45, 2.75) is 56.1 Å². The molecule has 2 fully saturated rings. The number of nitrogens with one attached hydrogen (secondary N) is 1. The van der Waals surface area contributed by atoms with Crippen molar-refractivity contribution in [1.29, 1.82) is 0 Å². The van der Waals surface area contributed by atoms with Gasteiger partial charge in [0.25, 0.3) is 0 Å². The molecule has 0 spiro atoms. The summed E-state index contributed by atoms with van der Waals surface area (Å²) < 4.78 is 0.449. The summed E-state index contributed by atoms with van der Waals surface area (Å²) in [6, 6.07) is 0. The Morgan fingerprint density at radius 1 is 1.21 bits per heavy atom. The number of amidine groups is 1. The summed E-state index contributed by atoms with van der Waals surface area (Å²) in [6.45, 7) is 2.11. The van der Waals surface area contributed by atoms with Gasteiger partial charge >= 0.3 is 0 Å². The minimum absolute atomic E-state index is 0.268. The van der Waals surface area contributed by atoms with Gasteiger partial charge in [-0.15, -0.1) is 0 Å². The quantitative estimate of drug-likeness (QED) is 0.291. The van der Waals surface area contributed by atoms with Crippen molar-refractivity contribution < 1.29 is 5.21 Å². The molecule has 0 bridgehead atoms. The normalized spacial score (nSPS) is 25.2. The van der Waals surface area contributed by atoms with Gasteiger partial charge in [-0.2, -0.15) is 11.8 Å². The summed E-state index contributed by atoms with van der Waals surface area (Å²) in [5, 5.41) is 15.4. The van der Waals surface area contributed by atoms with Crippen molar-refractivity contribution in [3.8, 4) is 0 Å². The van der Waals surface area contributed by atoms with E-state index in [1.807, 2.05) is 11.8 Å². The molecule has 2 saturated carbocycles. The molecule has 0 atom stereocenters. The molecule has 4 N–H and O–H groups in total. The van der Waals surface area contributed by atoms with Crippen LogP contribution in [0.5, 0.6) is 0 Å². The summed E-state index contributed by atoms with van der Waals surface area (Å²) in [7, 11) is 0. The number of rotatable bonds is 7. The summed E-state index contributed by atoms with van der Waals surface area (Å²) in [4.78, 5) is 0. The standard InChI is InChI=1S/C14H27N3OS/c1-19-14(5-3-2-4-6-14)11-16-10-13(7-8-13)9-12(15)17-18/h16,18H,2-11H2,1H3,(H2,15,17). The van der Waals surface area contributed by atoms with Gasteiger partial charge in [-0.25, -0.2) is 0 Å². The third-order valence-electron chi connectivity index (χ3n) is 4.79. The number of thioether (sulfide) groups is 1. The summed E-state index contributed by atoms with van der Waals surface area (Å²) in [5.41, 5.74) is 5.90. The largest absolute Gasteiger partial charge is 0.409 e. The Morgan fingerprint density at radius 3 is 2.42 bits per heavy atom. The van der Waals surface area contributed by atoms with Crippen molar-refractivity contribution in [2.24, 2.45) is 16.3 Å². The summed E-state index contributed by atoms with van der Waals surface area (Å²) in [6.07, 6.45) is 12.2. The van der Waals surface area contributed by atoms with Crippen LogP contribution in [0.3, 0.4) is 0 Å².